The van der Waals surface area contributed by atoms with Gasteiger partial charge in [0.2, 0.25) is 0 Å². The molecule has 0 aromatic carbocycles. The number of hydrogen-bond donors (Lipinski definition) is 2. The molecule has 2 fully saturated rings. The van der Waals surface area contributed by atoms with E-state index in [9.17, 15) is 19.2 Å². The molecule has 228 valence electrons. The Kier molecular flexibility index (Phi) is 15.5. The summed E-state index contributed by atoms with van der Waals surface area (Å²) in [5.74, 6) is -0.648. The van der Waals surface area contributed by atoms with Crippen molar-refractivity contribution in [2.75, 3.05) is 26.4 Å². The number of amides is 2. The van der Waals surface area contributed by atoms with Gasteiger partial charge in [0.15, 0.2) is 0 Å². The molecule has 0 aliphatic heterocycles. The van der Waals surface area contributed by atoms with Crippen LogP contribution in [0.1, 0.15) is 91.9 Å². The zero-order valence-electron chi connectivity index (χ0n) is 24.8. The summed E-state index contributed by atoms with van der Waals surface area (Å²) in [5, 5.41) is 5.53. The highest BCUT2D eigenvalue weighted by atomic mass is 16.6. The van der Waals surface area contributed by atoms with Crippen LogP contribution < -0.4 is 10.6 Å². The molecule has 2 atom stereocenters. The van der Waals surface area contributed by atoms with Gasteiger partial charge in [-0.1, -0.05) is 66.2 Å². The predicted octanol–water partition coefficient (Wildman–Crippen LogP) is 5.29. The van der Waals surface area contributed by atoms with E-state index in [1.165, 1.54) is 38.5 Å². The van der Waals surface area contributed by atoms with Crippen LogP contribution in [0.3, 0.4) is 0 Å². The van der Waals surface area contributed by atoms with Crippen LogP contribution in [0.25, 0.3) is 0 Å². The number of carbonyl (C=O) groups excluding carboxylic acids is 4. The second-order valence-corrected chi connectivity index (χ2v) is 11.8. The summed E-state index contributed by atoms with van der Waals surface area (Å²) in [6.45, 7) is 8.28. The highest BCUT2D eigenvalue weighted by molar-refractivity contribution is 5.91. The Balaban J connectivity index is 1.67. The van der Waals surface area contributed by atoms with Crippen LogP contribution in [-0.4, -0.2) is 62.6 Å². The van der Waals surface area contributed by atoms with Crippen molar-refractivity contribution in [1.82, 2.24) is 10.6 Å². The van der Waals surface area contributed by atoms with Crippen LogP contribution in [-0.2, 0) is 28.5 Å². The molecule has 2 saturated carbocycles. The number of hydrogen-bond acceptors (Lipinski definition) is 8. The fourth-order valence-electron chi connectivity index (χ4n) is 4.86. The average Bonchev–Trinajstić information content (AvgIpc) is 2.94. The molecule has 0 unspecified atom stereocenters. The molecule has 40 heavy (non-hydrogen) atoms. The molecule has 0 spiro atoms. The molecule has 0 aromatic rings. The maximum atomic E-state index is 12.2. The number of alkyl carbamates (subject to hydrolysis) is 2. The van der Waals surface area contributed by atoms with Crippen molar-refractivity contribution in [2.45, 2.75) is 104 Å². The minimum Gasteiger partial charge on any atom is -0.460 e. The van der Waals surface area contributed by atoms with Crippen molar-refractivity contribution in [2.24, 2.45) is 23.7 Å². The van der Waals surface area contributed by atoms with Gasteiger partial charge in [-0.25, -0.2) is 19.2 Å². The fourth-order valence-corrected chi connectivity index (χ4v) is 4.86. The van der Waals surface area contributed by atoms with E-state index in [1.807, 2.05) is 27.7 Å². The van der Waals surface area contributed by atoms with Crippen LogP contribution in [0.15, 0.2) is 12.2 Å². The van der Waals surface area contributed by atoms with Gasteiger partial charge in [-0.2, -0.15) is 0 Å². The second-order valence-electron chi connectivity index (χ2n) is 11.8. The van der Waals surface area contributed by atoms with E-state index < -0.39 is 36.2 Å². The van der Waals surface area contributed by atoms with Gasteiger partial charge in [0.05, 0.1) is 25.3 Å². The monoisotopic (exact) mass is 566 g/mol. The molecule has 2 aliphatic carbocycles. The van der Waals surface area contributed by atoms with E-state index in [-0.39, 0.29) is 25.0 Å². The Labute approximate surface area is 239 Å². The van der Waals surface area contributed by atoms with E-state index in [0.29, 0.717) is 25.0 Å². The Morgan fingerprint density at radius 1 is 0.600 bits per heavy atom. The maximum absolute atomic E-state index is 12.2. The van der Waals surface area contributed by atoms with Gasteiger partial charge in [0.25, 0.3) is 0 Å². The second kappa shape index (κ2) is 18.5. The Morgan fingerprint density at radius 2 is 0.950 bits per heavy atom. The summed E-state index contributed by atoms with van der Waals surface area (Å²) in [6, 6.07) is -0.863. The summed E-state index contributed by atoms with van der Waals surface area (Å²) >= 11 is 0. The Morgan fingerprint density at radius 3 is 1.27 bits per heavy atom. The van der Waals surface area contributed by atoms with E-state index in [2.05, 4.69) is 10.6 Å². The van der Waals surface area contributed by atoms with Crippen LogP contribution in [0, 0.1) is 23.7 Å². The zero-order chi connectivity index (χ0) is 29.3. The number of rotatable bonds is 14. The molecule has 10 heteroatoms. The summed E-state index contributed by atoms with van der Waals surface area (Å²) in [6.07, 6.45) is 12.4. The van der Waals surface area contributed by atoms with Gasteiger partial charge < -0.3 is 29.6 Å². The lowest BCUT2D eigenvalue weighted by molar-refractivity contribution is -0.141. The third kappa shape index (κ3) is 14.0. The molecular weight excluding hydrogens is 516 g/mol. The summed E-state index contributed by atoms with van der Waals surface area (Å²) in [5.41, 5.74) is 0. The van der Waals surface area contributed by atoms with Gasteiger partial charge in [0.1, 0.15) is 13.2 Å². The van der Waals surface area contributed by atoms with Gasteiger partial charge in [-0.15, -0.1) is 0 Å². The smallest absolute Gasteiger partial charge is 0.407 e. The van der Waals surface area contributed by atoms with Crippen LogP contribution in [0.5, 0.6) is 0 Å². The quantitative estimate of drug-likeness (QED) is 0.165. The van der Waals surface area contributed by atoms with E-state index in [0.717, 1.165) is 37.8 Å². The standard InChI is InChI=1S/C30H50N2O8/c1-21(2)25(31-29(35)39-17-23-11-7-5-8-12-23)19-37-27(33)15-16-28(34)38-20-26(22(3)4)32-30(36)40-18-24-13-9-6-10-14-24/h15-16,21-26H,5-14,17-20H2,1-4H3,(H,31,35)(H,32,36)/b16-15+/t25-,26-/m0/s1. The molecule has 10 nitrogen and oxygen atoms in total. The third-order valence-corrected chi connectivity index (χ3v) is 7.73. The molecular formula is C30H50N2O8. The molecule has 0 bridgehead atoms. The lowest BCUT2D eigenvalue weighted by atomic mass is 9.90. The van der Waals surface area contributed by atoms with Crippen molar-refractivity contribution in [3.63, 3.8) is 0 Å². The molecule has 0 saturated heterocycles. The van der Waals surface area contributed by atoms with Crippen LogP contribution in [0.2, 0.25) is 0 Å². The number of carbonyl (C=O) groups is 4. The highest BCUT2D eigenvalue weighted by Crippen LogP contribution is 2.24. The topological polar surface area (TPSA) is 129 Å². The molecule has 0 aromatic heterocycles. The van der Waals surface area contributed by atoms with Crippen molar-refractivity contribution in [1.29, 1.82) is 0 Å². The van der Waals surface area contributed by atoms with Gasteiger partial charge in [-0.3, -0.25) is 0 Å². The highest BCUT2D eigenvalue weighted by Gasteiger charge is 2.22. The number of ether oxygens (including phenoxy) is 4. The summed E-state index contributed by atoms with van der Waals surface area (Å²) in [7, 11) is 0. The first-order valence-corrected chi connectivity index (χ1v) is 15.0. The zero-order valence-corrected chi connectivity index (χ0v) is 24.8. The van der Waals surface area contributed by atoms with E-state index in [4.69, 9.17) is 18.9 Å². The van der Waals surface area contributed by atoms with Crippen molar-refractivity contribution in [3.8, 4) is 0 Å². The minimum absolute atomic E-state index is 0.00111. The van der Waals surface area contributed by atoms with E-state index >= 15 is 0 Å². The Bertz CT molecular complexity index is 751. The molecule has 2 N–H and O–H groups in total. The fraction of sp³-hybridized carbons (Fsp3) is 0.800. The predicted molar refractivity (Wildman–Crippen MR) is 150 cm³/mol. The largest absolute Gasteiger partial charge is 0.460 e. The maximum Gasteiger partial charge on any atom is 0.407 e. The first kappa shape index (κ1) is 33.4. The van der Waals surface area contributed by atoms with Crippen molar-refractivity contribution < 1.29 is 38.1 Å². The van der Waals surface area contributed by atoms with Crippen LogP contribution >= 0.6 is 0 Å². The van der Waals surface area contributed by atoms with Gasteiger partial charge in [-0.05, 0) is 49.4 Å². The summed E-state index contributed by atoms with van der Waals surface area (Å²) < 4.78 is 21.2. The first-order chi connectivity index (χ1) is 19.1. The Hall–Kier alpha value is -2.78. The average molecular weight is 567 g/mol. The molecule has 2 amide bonds. The molecule has 2 rings (SSSR count). The van der Waals surface area contributed by atoms with Crippen molar-refractivity contribution in [3.05, 3.63) is 12.2 Å². The third-order valence-electron chi connectivity index (χ3n) is 7.73. The number of esters is 2. The van der Waals surface area contributed by atoms with Gasteiger partial charge in [0, 0.05) is 12.2 Å². The van der Waals surface area contributed by atoms with Gasteiger partial charge >= 0.3 is 24.1 Å². The lowest BCUT2D eigenvalue weighted by Gasteiger charge is -2.24. The minimum atomic E-state index is -0.732. The normalized spacial score (nSPS) is 18.2. The number of nitrogens with one attached hydrogen (secondary N) is 2. The molecule has 2 aliphatic rings. The SMILES string of the molecule is CC(C)[C@H](COC(=O)/C=C/C(=O)OC[C@H](NC(=O)OCC1CCCCC1)C(C)C)NC(=O)OCC1CCCCC1. The van der Waals surface area contributed by atoms with Crippen LogP contribution in [0.4, 0.5) is 9.59 Å². The first-order valence-electron chi connectivity index (χ1n) is 15.0. The summed E-state index contributed by atoms with van der Waals surface area (Å²) in [4.78, 5) is 48.8. The van der Waals surface area contributed by atoms with Crippen molar-refractivity contribution >= 4 is 24.1 Å². The molecule has 0 radical (unpaired) electrons. The van der Waals surface area contributed by atoms with E-state index in [1.54, 1.807) is 0 Å². The lowest BCUT2D eigenvalue weighted by Crippen LogP contribution is -2.43. The molecule has 0 heterocycles.